The highest BCUT2D eigenvalue weighted by molar-refractivity contribution is 7.90. The van der Waals surface area contributed by atoms with Crippen LogP contribution < -0.4 is 0 Å². The monoisotopic (exact) mass is 1200 g/mol. The summed E-state index contributed by atoms with van der Waals surface area (Å²) in [5.74, 6) is -1.11. The largest absolute Gasteiger partial charge is 0.511 e. The molecule has 0 saturated carbocycles. The summed E-state index contributed by atoms with van der Waals surface area (Å²) >= 11 is 0. The van der Waals surface area contributed by atoms with Gasteiger partial charge in [0.2, 0.25) is 10.0 Å². The van der Waals surface area contributed by atoms with E-state index in [1.54, 1.807) is 24.3 Å². The highest BCUT2D eigenvalue weighted by Gasteiger charge is 2.52. The average molecular weight is 1200 g/mol. The highest BCUT2D eigenvalue weighted by atomic mass is 32.2. The Balaban J connectivity index is 0.000000201. The molecule has 4 heterocycles. The molecule has 0 aliphatic carbocycles. The molecule has 4 aliphatic heterocycles. The summed E-state index contributed by atoms with van der Waals surface area (Å²) in [5.41, 5.74) is -1.50. The van der Waals surface area contributed by atoms with Gasteiger partial charge in [0, 0.05) is 132 Å². The van der Waals surface area contributed by atoms with E-state index < -0.39 is 37.4 Å². The van der Waals surface area contributed by atoms with E-state index in [0.29, 0.717) is 48.1 Å². The molecule has 8 rings (SSSR count). The molecule has 0 amide bonds. The van der Waals surface area contributed by atoms with Crippen molar-refractivity contribution < 1.29 is 52.0 Å². The van der Waals surface area contributed by atoms with Crippen molar-refractivity contribution in [2.75, 3.05) is 105 Å². The fraction of sp³-hybridized carbons (Fsp3) is 0.600. The summed E-state index contributed by atoms with van der Waals surface area (Å²) in [7, 11) is -8.58. The van der Waals surface area contributed by atoms with Crippen LogP contribution in [0.1, 0.15) is 123 Å². The van der Waals surface area contributed by atoms with Crippen LogP contribution in [-0.2, 0) is 20.0 Å². The van der Waals surface area contributed by atoms with Gasteiger partial charge in [0.15, 0.2) is 0 Å². The Morgan fingerprint density at radius 2 is 0.780 bits per heavy atom. The average Bonchev–Trinajstić information content (AvgIpc) is 3.41. The van der Waals surface area contributed by atoms with Crippen molar-refractivity contribution in [1.82, 2.24) is 38.0 Å². The molecule has 82 heavy (non-hydrogen) atoms. The molecule has 0 bridgehead atoms. The second kappa shape index (κ2) is 29.3. The molecular formula is C60H88F8N8O4S2. The van der Waals surface area contributed by atoms with E-state index in [1.807, 2.05) is 43.0 Å². The zero-order valence-electron chi connectivity index (χ0n) is 49.9. The summed E-state index contributed by atoms with van der Waals surface area (Å²) in [4.78, 5) is 13.7. The first-order valence-electron chi connectivity index (χ1n) is 28.2. The summed E-state index contributed by atoms with van der Waals surface area (Å²) < 4.78 is 152. The van der Waals surface area contributed by atoms with Gasteiger partial charge >= 0.3 is 15.5 Å². The molecule has 4 aliphatic rings. The lowest BCUT2D eigenvalue weighted by Crippen LogP contribution is -2.56. The molecule has 0 N–H and O–H groups in total. The van der Waals surface area contributed by atoms with Gasteiger partial charge < -0.3 is 4.90 Å². The summed E-state index contributed by atoms with van der Waals surface area (Å²) in [6, 6.07) is 25.9. The molecule has 4 saturated heterocycles. The van der Waals surface area contributed by atoms with E-state index in [9.17, 15) is 52.0 Å². The van der Waals surface area contributed by atoms with E-state index >= 15 is 0 Å². The van der Waals surface area contributed by atoms with Gasteiger partial charge in [-0.05, 0) is 147 Å². The van der Waals surface area contributed by atoms with Crippen molar-refractivity contribution in [1.29, 1.82) is 0 Å². The second-order valence-corrected chi connectivity index (χ2v) is 27.9. The standard InChI is InChI=1S/C16H24F2N2.C15H23FN2O2S.C15H23FN2.C14H18F4N2O2S/c1-16(2,3)20-11-10-19(9-8-17)12-15(20)13-4-6-14(18)7-5-13;1-15(2,3)18-10-9-17(21(4,19)20)11-14(18)12-5-7-13(16)8-6-12;1-4-17-9-10-18(12(2)3)15(11-17)13-5-7-14(16)8-6-13;1-10(2)20-8-7-19(23(21,22)14(16,17)18)9-13(20)11-3-5-12(15)6-4-11/h4-7,15H,8-12H2,1-3H3;5-8,14H,9-11H2,1-4H3;5-8,12,15H,4,9-11H2,1-3H3;3-6,10,13H,7-9H2,1-2H3/t15-;14-;15-;13-/m0000/s1. The molecule has 22 heteroatoms. The van der Waals surface area contributed by atoms with Gasteiger partial charge in [0.25, 0.3) is 0 Å². The van der Waals surface area contributed by atoms with Crippen LogP contribution in [0.2, 0.25) is 0 Å². The predicted octanol–water partition coefficient (Wildman–Crippen LogP) is 11.1. The zero-order valence-corrected chi connectivity index (χ0v) is 51.5. The van der Waals surface area contributed by atoms with Gasteiger partial charge in [-0.1, -0.05) is 55.5 Å². The Bertz CT molecular complexity index is 2800. The van der Waals surface area contributed by atoms with Crippen molar-refractivity contribution in [2.24, 2.45) is 0 Å². The number of hydrogen-bond donors (Lipinski definition) is 0. The van der Waals surface area contributed by atoms with Crippen LogP contribution in [0, 0.1) is 23.3 Å². The first-order chi connectivity index (χ1) is 38.2. The van der Waals surface area contributed by atoms with Gasteiger partial charge in [-0.15, -0.1) is 0 Å². The first-order valence-corrected chi connectivity index (χ1v) is 31.5. The Hall–Kier alpha value is -4.10. The number of piperazine rings is 4. The molecular weight excluding hydrogens is 1110 g/mol. The topological polar surface area (TPSA) is 94.2 Å². The zero-order chi connectivity index (χ0) is 61.1. The molecule has 0 radical (unpaired) electrons. The van der Waals surface area contributed by atoms with Crippen LogP contribution >= 0.6 is 0 Å². The van der Waals surface area contributed by atoms with Crippen molar-refractivity contribution in [2.45, 2.75) is 129 Å². The van der Waals surface area contributed by atoms with Crippen molar-refractivity contribution >= 4 is 20.0 Å². The third kappa shape index (κ3) is 18.9. The van der Waals surface area contributed by atoms with E-state index in [1.165, 1.54) is 64.7 Å². The molecule has 12 nitrogen and oxygen atoms in total. The highest BCUT2D eigenvalue weighted by Crippen LogP contribution is 2.36. The number of sulfonamides is 2. The predicted molar refractivity (Wildman–Crippen MR) is 311 cm³/mol. The van der Waals surface area contributed by atoms with Crippen LogP contribution in [0.3, 0.4) is 0 Å². The maximum absolute atomic E-state index is 13.1. The lowest BCUT2D eigenvalue weighted by atomic mass is 9.95. The number of nitrogens with zero attached hydrogens (tertiary/aromatic N) is 8. The first kappa shape index (κ1) is 68.7. The third-order valence-electron chi connectivity index (χ3n) is 15.7. The number of hydrogen-bond acceptors (Lipinski definition) is 10. The molecule has 4 fully saturated rings. The maximum Gasteiger partial charge on any atom is 0.511 e. The fourth-order valence-electron chi connectivity index (χ4n) is 11.2. The van der Waals surface area contributed by atoms with E-state index in [-0.39, 0.29) is 73.0 Å². The Morgan fingerprint density at radius 1 is 0.463 bits per heavy atom. The number of likely N-dealkylation sites (N-methyl/N-ethyl adjacent to an activating group) is 1. The van der Waals surface area contributed by atoms with Crippen molar-refractivity contribution in [3.8, 4) is 0 Å². The van der Waals surface area contributed by atoms with Gasteiger partial charge in [-0.3, -0.25) is 24.5 Å². The fourth-order valence-corrected chi connectivity index (χ4v) is 13.0. The Labute approximate surface area is 484 Å². The minimum atomic E-state index is -5.37. The van der Waals surface area contributed by atoms with Crippen molar-refractivity contribution in [3.05, 3.63) is 143 Å². The van der Waals surface area contributed by atoms with Gasteiger partial charge in [0.1, 0.15) is 29.9 Å². The minimum Gasteiger partial charge on any atom is -0.300 e. The maximum atomic E-state index is 13.1. The number of benzene rings is 4. The normalized spacial score (nSPS) is 22.2. The Morgan fingerprint density at radius 3 is 1.13 bits per heavy atom. The Kier molecular flexibility index (Phi) is 24.6. The van der Waals surface area contributed by atoms with Gasteiger partial charge in [-0.25, -0.2) is 38.8 Å². The van der Waals surface area contributed by atoms with E-state index in [4.69, 9.17) is 0 Å². The lowest BCUT2D eigenvalue weighted by molar-refractivity contribution is -0.0515. The number of halogens is 8. The van der Waals surface area contributed by atoms with Crippen LogP contribution in [0.5, 0.6) is 0 Å². The van der Waals surface area contributed by atoms with Crippen molar-refractivity contribution in [3.63, 3.8) is 0 Å². The smallest absolute Gasteiger partial charge is 0.300 e. The molecule has 0 spiro atoms. The van der Waals surface area contributed by atoms with Crippen LogP contribution in [0.4, 0.5) is 35.1 Å². The molecule has 4 aromatic rings. The summed E-state index contributed by atoms with van der Waals surface area (Å²) in [5, 5.41) is 0. The van der Waals surface area contributed by atoms with Crippen LogP contribution in [0.25, 0.3) is 0 Å². The minimum absolute atomic E-state index is 0.0146. The summed E-state index contributed by atoms with van der Waals surface area (Å²) in [6.45, 7) is 31.6. The molecule has 0 aromatic heterocycles. The molecule has 4 atom stereocenters. The SMILES string of the molecule is CC(C)(C)N1CCN(CCF)C[C@H]1c1ccc(F)cc1.CC(C)(C)N1CCN(S(C)(=O)=O)C[C@H]1c1ccc(F)cc1.CC(C)N1CCN(S(=O)(=O)C(F)(F)F)C[C@H]1c1ccc(F)cc1.CCN1CCN(C(C)C)[C@H](c2ccc(F)cc2)C1. The molecule has 0 unspecified atom stereocenters. The summed E-state index contributed by atoms with van der Waals surface area (Å²) in [6.07, 6.45) is 1.24. The van der Waals surface area contributed by atoms with Crippen LogP contribution in [0.15, 0.2) is 97.1 Å². The number of alkyl halides is 4. The third-order valence-corrected chi connectivity index (χ3v) is 18.6. The van der Waals surface area contributed by atoms with Gasteiger partial charge in [0.05, 0.1) is 6.26 Å². The number of rotatable bonds is 11. The molecule has 4 aromatic carbocycles. The quantitative estimate of drug-likeness (QED) is 0.135. The van der Waals surface area contributed by atoms with Crippen LogP contribution in [-0.4, -0.2) is 188 Å². The van der Waals surface area contributed by atoms with E-state index in [2.05, 4.69) is 86.8 Å². The van der Waals surface area contributed by atoms with Gasteiger partial charge in [-0.2, -0.15) is 21.8 Å². The lowest BCUT2D eigenvalue weighted by Gasteiger charge is -2.48. The molecule has 460 valence electrons. The second-order valence-electron chi connectivity index (χ2n) is 24.0. The van der Waals surface area contributed by atoms with E-state index in [0.717, 1.165) is 56.9 Å².